The van der Waals surface area contributed by atoms with Gasteiger partial charge in [-0.1, -0.05) is 42.5 Å². The highest BCUT2D eigenvalue weighted by molar-refractivity contribution is 7.19. The molecular weight excluding hydrogens is 372 g/mol. The smallest absolute Gasteiger partial charge is 0.311 e. The van der Waals surface area contributed by atoms with Gasteiger partial charge in [-0.05, 0) is 37.1 Å². The SMILES string of the molecule is CCOC(=O)C(CNC(=O)/C=C/c1nc2ccccc2s1)Cc1ccccc1. The molecule has 1 N–H and O–H groups in total. The first-order valence-electron chi connectivity index (χ1n) is 9.17. The highest BCUT2D eigenvalue weighted by atomic mass is 32.1. The van der Waals surface area contributed by atoms with E-state index in [2.05, 4.69) is 10.3 Å². The molecule has 3 aromatic rings. The quantitative estimate of drug-likeness (QED) is 0.465. The van der Waals surface area contributed by atoms with E-state index in [-0.39, 0.29) is 18.4 Å². The summed E-state index contributed by atoms with van der Waals surface area (Å²) in [7, 11) is 0. The van der Waals surface area contributed by atoms with Crippen molar-refractivity contribution in [2.24, 2.45) is 5.92 Å². The van der Waals surface area contributed by atoms with Crippen LogP contribution in [0.2, 0.25) is 0 Å². The fourth-order valence-corrected chi connectivity index (χ4v) is 3.66. The minimum absolute atomic E-state index is 0.219. The molecule has 0 radical (unpaired) electrons. The third-order valence-electron chi connectivity index (χ3n) is 4.16. The van der Waals surface area contributed by atoms with Crippen molar-refractivity contribution in [3.63, 3.8) is 0 Å². The van der Waals surface area contributed by atoms with Crippen molar-refractivity contribution in [1.29, 1.82) is 0 Å². The lowest BCUT2D eigenvalue weighted by molar-refractivity contribution is -0.147. The zero-order chi connectivity index (χ0) is 19.8. The molecule has 5 nitrogen and oxygen atoms in total. The van der Waals surface area contributed by atoms with Gasteiger partial charge in [-0.2, -0.15) is 0 Å². The van der Waals surface area contributed by atoms with Gasteiger partial charge in [0.05, 0.1) is 22.7 Å². The number of carbonyl (C=O) groups is 2. The lowest BCUT2D eigenvalue weighted by Crippen LogP contribution is -2.34. The predicted molar refractivity (Wildman–Crippen MR) is 112 cm³/mol. The van der Waals surface area contributed by atoms with E-state index < -0.39 is 5.92 Å². The molecule has 0 saturated carbocycles. The van der Waals surface area contributed by atoms with Gasteiger partial charge in [-0.3, -0.25) is 9.59 Å². The second-order valence-corrected chi connectivity index (χ2v) is 7.30. The van der Waals surface area contributed by atoms with Crippen LogP contribution < -0.4 is 5.32 Å². The van der Waals surface area contributed by atoms with Gasteiger partial charge in [-0.15, -0.1) is 11.3 Å². The highest BCUT2D eigenvalue weighted by Gasteiger charge is 2.20. The lowest BCUT2D eigenvalue weighted by Gasteiger charge is -2.16. The van der Waals surface area contributed by atoms with Gasteiger partial charge in [0.1, 0.15) is 5.01 Å². The summed E-state index contributed by atoms with van der Waals surface area (Å²) in [6.07, 6.45) is 3.65. The molecule has 0 fully saturated rings. The Morgan fingerprint density at radius 2 is 1.89 bits per heavy atom. The molecule has 0 aliphatic carbocycles. The van der Waals surface area contributed by atoms with Crippen LogP contribution in [0.15, 0.2) is 60.7 Å². The molecule has 0 saturated heterocycles. The molecule has 0 spiro atoms. The van der Waals surface area contributed by atoms with Crippen LogP contribution in [-0.2, 0) is 20.7 Å². The van der Waals surface area contributed by atoms with Crippen LogP contribution in [0.1, 0.15) is 17.5 Å². The molecule has 3 rings (SSSR count). The van der Waals surface area contributed by atoms with E-state index in [1.807, 2.05) is 54.6 Å². The van der Waals surface area contributed by atoms with Crippen molar-refractivity contribution in [1.82, 2.24) is 10.3 Å². The average Bonchev–Trinajstić information content (AvgIpc) is 3.13. The van der Waals surface area contributed by atoms with Gasteiger partial charge in [-0.25, -0.2) is 4.98 Å². The summed E-state index contributed by atoms with van der Waals surface area (Å²) >= 11 is 1.52. The molecule has 0 aliphatic heterocycles. The van der Waals surface area contributed by atoms with E-state index in [0.717, 1.165) is 20.8 Å². The third kappa shape index (κ3) is 5.50. The Morgan fingerprint density at radius 1 is 1.14 bits per heavy atom. The summed E-state index contributed by atoms with van der Waals surface area (Å²) in [5, 5.41) is 3.56. The van der Waals surface area contributed by atoms with E-state index in [9.17, 15) is 9.59 Å². The maximum atomic E-state index is 12.2. The first kappa shape index (κ1) is 19.8. The van der Waals surface area contributed by atoms with Gasteiger partial charge in [0, 0.05) is 12.6 Å². The Kier molecular flexibility index (Phi) is 6.92. The zero-order valence-electron chi connectivity index (χ0n) is 15.6. The molecule has 2 aromatic carbocycles. The number of nitrogens with one attached hydrogen (secondary N) is 1. The number of aromatic nitrogens is 1. The highest BCUT2D eigenvalue weighted by Crippen LogP contribution is 2.22. The van der Waals surface area contributed by atoms with Crippen LogP contribution in [0, 0.1) is 5.92 Å². The predicted octanol–water partition coefficient (Wildman–Crippen LogP) is 3.85. The Hall–Kier alpha value is -2.99. The van der Waals surface area contributed by atoms with Gasteiger partial charge < -0.3 is 10.1 Å². The van der Waals surface area contributed by atoms with Gasteiger partial charge in [0.2, 0.25) is 5.91 Å². The zero-order valence-corrected chi connectivity index (χ0v) is 16.4. The molecule has 144 valence electrons. The summed E-state index contributed by atoms with van der Waals surface area (Å²) in [4.78, 5) is 28.9. The van der Waals surface area contributed by atoms with Crippen LogP contribution in [-0.4, -0.2) is 30.0 Å². The molecule has 1 heterocycles. The van der Waals surface area contributed by atoms with Crippen molar-refractivity contribution in [3.8, 4) is 0 Å². The monoisotopic (exact) mass is 394 g/mol. The van der Waals surface area contributed by atoms with Crippen molar-refractivity contribution < 1.29 is 14.3 Å². The number of carbonyl (C=O) groups excluding carboxylic acids is 2. The number of para-hydroxylation sites is 1. The molecular formula is C22H22N2O3S. The van der Waals surface area contributed by atoms with Gasteiger partial charge in [0.25, 0.3) is 0 Å². The normalized spacial score (nSPS) is 12.2. The largest absolute Gasteiger partial charge is 0.466 e. The van der Waals surface area contributed by atoms with Crippen molar-refractivity contribution in [3.05, 3.63) is 71.2 Å². The molecule has 0 aliphatic rings. The van der Waals surface area contributed by atoms with E-state index >= 15 is 0 Å². The van der Waals surface area contributed by atoms with Gasteiger partial charge >= 0.3 is 5.97 Å². The van der Waals surface area contributed by atoms with E-state index in [1.54, 1.807) is 13.0 Å². The van der Waals surface area contributed by atoms with E-state index in [0.29, 0.717) is 13.0 Å². The maximum Gasteiger partial charge on any atom is 0.311 e. The molecule has 1 unspecified atom stereocenters. The minimum atomic E-state index is -0.429. The number of esters is 1. The number of nitrogens with zero attached hydrogens (tertiary/aromatic N) is 1. The number of thiazole rings is 1. The number of fused-ring (bicyclic) bond motifs is 1. The van der Waals surface area contributed by atoms with E-state index in [1.165, 1.54) is 17.4 Å². The maximum absolute atomic E-state index is 12.2. The average molecular weight is 394 g/mol. The molecule has 28 heavy (non-hydrogen) atoms. The van der Waals surface area contributed by atoms with Gasteiger partial charge in [0.15, 0.2) is 0 Å². The fourth-order valence-electron chi connectivity index (χ4n) is 2.79. The summed E-state index contributed by atoms with van der Waals surface area (Å²) in [6.45, 7) is 2.31. The molecule has 1 aromatic heterocycles. The lowest BCUT2D eigenvalue weighted by atomic mass is 9.99. The van der Waals surface area contributed by atoms with Crippen molar-refractivity contribution in [2.75, 3.05) is 13.2 Å². The topological polar surface area (TPSA) is 68.3 Å². The Bertz CT molecular complexity index is 933. The van der Waals surface area contributed by atoms with Crippen LogP contribution in [0.3, 0.4) is 0 Å². The second-order valence-electron chi connectivity index (χ2n) is 6.24. The first-order chi connectivity index (χ1) is 13.7. The van der Waals surface area contributed by atoms with Crippen LogP contribution in [0.5, 0.6) is 0 Å². The Morgan fingerprint density at radius 3 is 2.64 bits per heavy atom. The second kappa shape index (κ2) is 9.80. The van der Waals surface area contributed by atoms with Crippen molar-refractivity contribution in [2.45, 2.75) is 13.3 Å². The number of amides is 1. The molecule has 6 heteroatoms. The van der Waals surface area contributed by atoms with Crippen molar-refractivity contribution >= 4 is 39.5 Å². The number of rotatable bonds is 8. The minimum Gasteiger partial charge on any atom is -0.466 e. The number of hydrogen-bond acceptors (Lipinski definition) is 5. The fraction of sp³-hybridized carbons (Fsp3) is 0.227. The number of ether oxygens (including phenoxy) is 1. The summed E-state index contributed by atoms with van der Waals surface area (Å²) in [5.41, 5.74) is 1.94. The third-order valence-corrected chi connectivity index (χ3v) is 5.16. The summed E-state index contributed by atoms with van der Waals surface area (Å²) < 4.78 is 6.23. The Balaban J connectivity index is 1.59. The Labute approximate surface area is 168 Å². The first-order valence-corrected chi connectivity index (χ1v) is 9.99. The number of hydrogen-bond donors (Lipinski definition) is 1. The summed E-state index contributed by atoms with van der Waals surface area (Å²) in [5.74, 6) is -0.995. The van der Waals surface area contributed by atoms with Crippen LogP contribution in [0.4, 0.5) is 0 Å². The molecule has 1 atom stereocenters. The molecule has 0 bridgehead atoms. The van der Waals surface area contributed by atoms with Crippen LogP contribution in [0.25, 0.3) is 16.3 Å². The number of benzene rings is 2. The standard InChI is InChI=1S/C22H22N2O3S/c1-2-27-22(26)17(14-16-8-4-3-5-9-16)15-23-20(25)12-13-21-24-18-10-6-7-11-19(18)28-21/h3-13,17H,2,14-15H2,1H3,(H,23,25)/b13-12+. The molecule has 1 amide bonds. The summed E-state index contributed by atoms with van der Waals surface area (Å²) in [6, 6.07) is 17.5. The van der Waals surface area contributed by atoms with Crippen LogP contribution >= 0.6 is 11.3 Å². The van der Waals surface area contributed by atoms with E-state index in [4.69, 9.17) is 4.74 Å².